The molecule has 0 saturated carbocycles. The van der Waals surface area contributed by atoms with Crippen LogP contribution in [0.2, 0.25) is 0 Å². The fourth-order valence-electron chi connectivity index (χ4n) is 1.33. The minimum atomic E-state index is -3.68. The highest BCUT2D eigenvalue weighted by atomic mass is 32.2. The van der Waals surface area contributed by atoms with E-state index >= 15 is 0 Å². The van der Waals surface area contributed by atoms with Gasteiger partial charge in [0.15, 0.2) is 0 Å². The van der Waals surface area contributed by atoms with E-state index < -0.39 is 14.9 Å². The normalized spacial score (nSPS) is 11.2. The third-order valence-corrected chi connectivity index (χ3v) is 3.57. The van der Waals surface area contributed by atoms with Crippen molar-refractivity contribution in [3.63, 3.8) is 0 Å². The fraction of sp³-hybridized carbons (Fsp3) is 0.400. The summed E-state index contributed by atoms with van der Waals surface area (Å²) in [4.78, 5) is 9.89. The number of nitro groups is 1. The summed E-state index contributed by atoms with van der Waals surface area (Å²) in [7, 11) is -2.23. The first-order valence-corrected chi connectivity index (χ1v) is 6.98. The molecule has 0 saturated heterocycles. The number of rotatable bonds is 7. The van der Waals surface area contributed by atoms with E-state index in [0.717, 1.165) is 18.2 Å². The summed E-state index contributed by atoms with van der Waals surface area (Å²) >= 11 is 0. The van der Waals surface area contributed by atoms with E-state index in [9.17, 15) is 23.6 Å². The molecule has 0 heterocycles. The molecule has 0 amide bonds. The number of nitrogens with one attached hydrogen (secondary N) is 1. The number of phenols is 1. The molecule has 0 atom stereocenters. The zero-order chi connectivity index (χ0) is 14.5. The predicted octanol–water partition coefficient (Wildman–Crippen LogP) is 1.08. The second kappa shape index (κ2) is 6.34. The Bertz CT molecular complexity index is 557. The molecule has 1 aromatic carbocycles. The lowest BCUT2D eigenvalue weighted by Crippen LogP contribution is -2.17. The molecule has 1 aromatic rings. The van der Waals surface area contributed by atoms with Crippen molar-refractivity contribution in [3.8, 4) is 5.75 Å². The number of hydrogen-bond acceptors (Lipinski definition) is 6. The van der Waals surface area contributed by atoms with Gasteiger partial charge in [0.25, 0.3) is 5.69 Å². The number of hydrogen-bond donors (Lipinski definition) is 2. The highest BCUT2D eigenvalue weighted by Gasteiger charge is 2.16. The molecule has 2 N–H and O–H groups in total. The minimum absolute atomic E-state index is 0.205. The van der Waals surface area contributed by atoms with Gasteiger partial charge in [0.05, 0.1) is 16.4 Å². The quantitative estimate of drug-likeness (QED) is 0.335. The molecule has 106 valence electrons. The summed E-state index contributed by atoms with van der Waals surface area (Å²) in [6.07, 6.45) is 0.279. The monoisotopic (exact) mass is 290 g/mol. The maximum atomic E-state index is 11.7. The van der Waals surface area contributed by atoms with Gasteiger partial charge in [-0.2, -0.15) is 0 Å². The average molecular weight is 290 g/mol. The molecule has 0 radical (unpaired) electrons. The lowest BCUT2D eigenvalue weighted by Gasteiger charge is -2.09. The number of methoxy groups -OCH3 is 1. The first-order valence-electron chi connectivity index (χ1n) is 5.32. The Kier molecular flexibility index (Phi) is 5.07. The van der Waals surface area contributed by atoms with Crippen LogP contribution in [0.3, 0.4) is 0 Å². The zero-order valence-electron chi connectivity index (χ0n) is 10.2. The third kappa shape index (κ3) is 4.72. The zero-order valence-corrected chi connectivity index (χ0v) is 11.0. The molecule has 8 nitrogen and oxygen atoms in total. The van der Waals surface area contributed by atoms with Crippen LogP contribution in [0, 0.1) is 10.1 Å². The van der Waals surface area contributed by atoms with Crippen molar-refractivity contribution in [1.29, 1.82) is 0 Å². The van der Waals surface area contributed by atoms with Gasteiger partial charge in [-0.05, 0) is 12.5 Å². The summed E-state index contributed by atoms with van der Waals surface area (Å²) in [5.41, 5.74) is -0.529. The highest BCUT2D eigenvalue weighted by Crippen LogP contribution is 2.28. The van der Waals surface area contributed by atoms with Gasteiger partial charge in [-0.1, -0.05) is 0 Å². The number of aromatic hydroxyl groups is 1. The molecule has 0 aromatic heterocycles. The Morgan fingerprint density at radius 1 is 1.47 bits per heavy atom. The van der Waals surface area contributed by atoms with Crippen molar-refractivity contribution in [3.05, 3.63) is 28.3 Å². The van der Waals surface area contributed by atoms with Crippen LogP contribution in [-0.2, 0) is 14.8 Å². The van der Waals surface area contributed by atoms with Gasteiger partial charge in [-0.25, -0.2) is 8.42 Å². The number of nitro benzene ring substituents is 1. The van der Waals surface area contributed by atoms with Crippen LogP contribution in [0.25, 0.3) is 0 Å². The van der Waals surface area contributed by atoms with E-state index in [1.54, 1.807) is 0 Å². The molecule has 0 spiro atoms. The van der Waals surface area contributed by atoms with E-state index in [1.165, 1.54) is 7.11 Å². The Labute approximate surface area is 110 Å². The lowest BCUT2D eigenvalue weighted by molar-refractivity contribution is -0.384. The second-order valence-corrected chi connectivity index (χ2v) is 5.57. The molecule has 0 fully saturated rings. The average Bonchev–Trinajstić information content (AvgIpc) is 2.31. The van der Waals surface area contributed by atoms with E-state index in [0.29, 0.717) is 0 Å². The van der Waals surface area contributed by atoms with Gasteiger partial charge in [0, 0.05) is 25.8 Å². The summed E-state index contributed by atoms with van der Waals surface area (Å²) < 4.78 is 30.2. The van der Waals surface area contributed by atoms with Crippen molar-refractivity contribution < 1.29 is 23.2 Å². The topological polar surface area (TPSA) is 119 Å². The SMILES string of the molecule is COCCCS(=O)(=O)Nc1cc([N+](=O)[O-])ccc1O. The van der Waals surface area contributed by atoms with Crippen molar-refractivity contribution in [2.75, 3.05) is 24.2 Å². The maximum absolute atomic E-state index is 11.7. The smallest absolute Gasteiger partial charge is 0.271 e. The molecule has 9 heteroatoms. The minimum Gasteiger partial charge on any atom is -0.506 e. The number of anilines is 1. The Balaban J connectivity index is 2.86. The van der Waals surface area contributed by atoms with Gasteiger partial charge < -0.3 is 9.84 Å². The van der Waals surface area contributed by atoms with Crippen molar-refractivity contribution in [1.82, 2.24) is 0 Å². The van der Waals surface area contributed by atoms with E-state index in [-0.39, 0.29) is 35.9 Å². The molecule has 0 aliphatic heterocycles. The maximum Gasteiger partial charge on any atom is 0.271 e. The first kappa shape index (κ1) is 15.2. The molecular weight excluding hydrogens is 276 g/mol. The number of non-ortho nitro benzene ring substituents is 1. The van der Waals surface area contributed by atoms with Crippen LogP contribution in [0.1, 0.15) is 6.42 Å². The van der Waals surface area contributed by atoms with Crippen LogP contribution in [0.5, 0.6) is 5.75 Å². The lowest BCUT2D eigenvalue weighted by atomic mass is 10.2. The van der Waals surface area contributed by atoms with Crippen LogP contribution in [0.4, 0.5) is 11.4 Å². The molecule has 0 bridgehead atoms. The molecule has 1 rings (SSSR count). The van der Waals surface area contributed by atoms with E-state index in [1.807, 2.05) is 0 Å². The molecular formula is C10H14N2O6S. The Morgan fingerprint density at radius 2 is 2.16 bits per heavy atom. The van der Waals surface area contributed by atoms with Crippen LogP contribution in [-0.4, -0.2) is 37.9 Å². The van der Waals surface area contributed by atoms with Gasteiger partial charge in [0.1, 0.15) is 5.75 Å². The van der Waals surface area contributed by atoms with E-state index in [4.69, 9.17) is 4.74 Å². The third-order valence-electron chi connectivity index (χ3n) is 2.22. The summed E-state index contributed by atoms with van der Waals surface area (Å²) in [6.45, 7) is 0.280. The van der Waals surface area contributed by atoms with Crippen LogP contribution >= 0.6 is 0 Å². The van der Waals surface area contributed by atoms with Gasteiger partial charge in [0.2, 0.25) is 10.0 Å². The predicted molar refractivity (Wildman–Crippen MR) is 68.7 cm³/mol. The second-order valence-electron chi connectivity index (χ2n) is 3.73. The number of benzene rings is 1. The Morgan fingerprint density at radius 3 is 2.74 bits per heavy atom. The number of sulfonamides is 1. The number of nitrogens with zero attached hydrogens (tertiary/aromatic N) is 1. The molecule has 0 aliphatic rings. The first-order chi connectivity index (χ1) is 8.85. The molecule has 0 aliphatic carbocycles. The highest BCUT2D eigenvalue weighted by molar-refractivity contribution is 7.92. The number of phenolic OH excluding ortho intramolecular Hbond substituents is 1. The summed E-state index contributed by atoms with van der Waals surface area (Å²) in [5.74, 6) is -0.580. The van der Waals surface area contributed by atoms with Crippen molar-refractivity contribution in [2.24, 2.45) is 0 Å². The van der Waals surface area contributed by atoms with Gasteiger partial charge in [-0.15, -0.1) is 0 Å². The van der Waals surface area contributed by atoms with Gasteiger partial charge >= 0.3 is 0 Å². The largest absolute Gasteiger partial charge is 0.506 e. The number of ether oxygens (including phenoxy) is 1. The van der Waals surface area contributed by atoms with Gasteiger partial charge in [-0.3, -0.25) is 14.8 Å². The summed E-state index contributed by atoms with van der Waals surface area (Å²) in [5, 5.41) is 20.0. The van der Waals surface area contributed by atoms with Crippen LogP contribution < -0.4 is 4.72 Å². The summed E-state index contributed by atoms with van der Waals surface area (Å²) in [6, 6.07) is 3.10. The fourth-order valence-corrected chi connectivity index (χ4v) is 2.43. The molecule has 19 heavy (non-hydrogen) atoms. The van der Waals surface area contributed by atoms with E-state index in [2.05, 4.69) is 4.72 Å². The van der Waals surface area contributed by atoms with Crippen LogP contribution in [0.15, 0.2) is 18.2 Å². The standard InChI is InChI=1S/C10H14N2O6S/c1-18-5-2-6-19(16,17)11-9-7-8(12(14)15)3-4-10(9)13/h3-4,7,11,13H,2,5-6H2,1H3. The molecule has 0 unspecified atom stereocenters. The Hall–Kier alpha value is -1.87. The van der Waals surface area contributed by atoms with Crippen molar-refractivity contribution in [2.45, 2.75) is 6.42 Å². The van der Waals surface area contributed by atoms with Crippen molar-refractivity contribution >= 4 is 21.4 Å².